The van der Waals surface area contributed by atoms with Gasteiger partial charge in [0.15, 0.2) is 5.75 Å². The fourth-order valence-electron chi connectivity index (χ4n) is 1.47. The maximum atomic E-state index is 11.8. The lowest BCUT2D eigenvalue weighted by molar-refractivity contribution is 0.355. The molecule has 1 aromatic rings. The monoisotopic (exact) mass is 330 g/mol. The molecule has 0 saturated carbocycles. The summed E-state index contributed by atoms with van der Waals surface area (Å²) >= 11 is 2.18. The van der Waals surface area contributed by atoms with Crippen molar-refractivity contribution in [2.45, 2.75) is 31.9 Å². The first-order valence-corrected chi connectivity index (χ1v) is 7.56. The largest absolute Gasteiger partial charge is 0.591 e. The van der Waals surface area contributed by atoms with Gasteiger partial charge in [-0.05, 0) is 42.8 Å². The highest BCUT2D eigenvalue weighted by molar-refractivity contribution is 9.10. The van der Waals surface area contributed by atoms with Crippen molar-refractivity contribution in [2.75, 3.05) is 6.61 Å². The Balaban J connectivity index is 2.21. The lowest BCUT2D eigenvalue weighted by atomic mass is 10.2. The fourth-order valence-corrected chi connectivity index (χ4v) is 2.57. The Hall–Kier alpha value is -0.590. The van der Waals surface area contributed by atoms with Gasteiger partial charge in [0, 0.05) is 6.42 Å². The first-order chi connectivity index (χ1) is 8.38. The lowest BCUT2D eigenvalue weighted by Gasteiger charge is -2.17. The number of pyridine rings is 1. The van der Waals surface area contributed by atoms with E-state index in [1.807, 2.05) is 26.8 Å². The van der Waals surface area contributed by atoms with Crippen molar-refractivity contribution >= 4 is 33.5 Å². The van der Waals surface area contributed by atoms with Gasteiger partial charge in [-0.25, -0.2) is 4.98 Å². The molecule has 0 radical (unpaired) electrons. The predicted molar refractivity (Wildman–Crippen MR) is 76.6 cm³/mol. The van der Waals surface area contributed by atoms with Crippen LogP contribution in [-0.4, -0.2) is 27.1 Å². The van der Waals surface area contributed by atoms with Crippen LogP contribution in [0.15, 0.2) is 14.9 Å². The molecule has 98 valence electrons. The summed E-state index contributed by atoms with van der Waals surface area (Å²) in [7, 11) is 0. The van der Waals surface area contributed by atoms with Crippen LogP contribution in [-0.2, 0) is 17.8 Å². The van der Waals surface area contributed by atoms with Crippen LogP contribution in [0.4, 0.5) is 0 Å². The van der Waals surface area contributed by atoms with Crippen LogP contribution in [0.3, 0.4) is 0 Å². The average molecular weight is 331 g/mol. The maximum Gasteiger partial charge on any atom is 0.155 e. The smallest absolute Gasteiger partial charge is 0.155 e. The molecule has 0 saturated heterocycles. The highest BCUT2D eigenvalue weighted by Crippen LogP contribution is 2.32. The Morgan fingerprint density at radius 3 is 2.94 bits per heavy atom. The standard InChI is InChI=1S/C12H15BrN2O2S/c1-12(2,3)18(16)14-7-8-6-9(13)11-10(15-8)4-5-17-11/h6-7H,4-5H2,1-3H3/b14-7+. The minimum Gasteiger partial charge on any atom is -0.591 e. The van der Waals surface area contributed by atoms with E-state index in [-0.39, 0.29) is 4.75 Å². The second-order valence-corrected chi connectivity index (χ2v) is 7.79. The molecule has 0 N–H and O–H groups in total. The number of fused-ring (bicyclic) bond motifs is 1. The molecular weight excluding hydrogens is 316 g/mol. The van der Waals surface area contributed by atoms with E-state index in [9.17, 15) is 4.55 Å². The molecule has 0 fully saturated rings. The summed E-state index contributed by atoms with van der Waals surface area (Å²) in [5, 5.41) is 0. The van der Waals surface area contributed by atoms with Gasteiger partial charge in [0.05, 0.1) is 22.5 Å². The van der Waals surface area contributed by atoms with E-state index in [0.717, 1.165) is 22.3 Å². The van der Waals surface area contributed by atoms with E-state index in [1.165, 1.54) is 0 Å². The number of rotatable bonds is 2. The Morgan fingerprint density at radius 1 is 1.56 bits per heavy atom. The Bertz CT molecular complexity index is 486. The topological polar surface area (TPSA) is 57.5 Å². The SMILES string of the molecule is CC(C)(C)[S+]([O-])/N=C/c1cc(Br)c2c(n1)CCO2. The quantitative estimate of drug-likeness (QED) is 0.618. The fraction of sp³-hybridized carbons (Fsp3) is 0.500. The van der Waals surface area contributed by atoms with Crippen LogP contribution in [0.5, 0.6) is 5.75 Å². The van der Waals surface area contributed by atoms with Crippen molar-refractivity contribution in [3.8, 4) is 5.75 Å². The molecule has 1 aliphatic heterocycles. The summed E-state index contributed by atoms with van der Waals surface area (Å²) in [5.74, 6) is 0.809. The summed E-state index contributed by atoms with van der Waals surface area (Å²) in [4.78, 5) is 4.43. The van der Waals surface area contributed by atoms with Gasteiger partial charge in [0.25, 0.3) is 0 Å². The van der Waals surface area contributed by atoms with Gasteiger partial charge >= 0.3 is 0 Å². The molecule has 1 aliphatic rings. The molecule has 6 heteroatoms. The molecule has 1 aromatic heterocycles. The molecule has 1 atom stereocenters. The Labute approximate surface area is 118 Å². The van der Waals surface area contributed by atoms with Crippen LogP contribution < -0.4 is 4.74 Å². The molecule has 0 spiro atoms. The number of halogens is 1. The number of aromatic nitrogens is 1. The van der Waals surface area contributed by atoms with Crippen molar-refractivity contribution in [3.63, 3.8) is 0 Å². The maximum absolute atomic E-state index is 11.8. The van der Waals surface area contributed by atoms with Crippen molar-refractivity contribution in [1.82, 2.24) is 4.98 Å². The van der Waals surface area contributed by atoms with E-state index in [1.54, 1.807) is 6.21 Å². The van der Waals surface area contributed by atoms with Gasteiger partial charge in [-0.3, -0.25) is 0 Å². The third kappa shape index (κ3) is 3.05. The van der Waals surface area contributed by atoms with Crippen LogP contribution in [0.25, 0.3) is 0 Å². The van der Waals surface area contributed by atoms with Gasteiger partial charge in [-0.2, -0.15) is 0 Å². The van der Waals surface area contributed by atoms with Crippen molar-refractivity contribution in [3.05, 3.63) is 21.9 Å². The lowest BCUT2D eigenvalue weighted by Crippen LogP contribution is -2.25. The van der Waals surface area contributed by atoms with E-state index >= 15 is 0 Å². The second-order valence-electron chi connectivity index (χ2n) is 5.00. The van der Waals surface area contributed by atoms with Gasteiger partial charge < -0.3 is 9.29 Å². The number of nitrogens with zero attached hydrogens (tertiary/aromatic N) is 2. The Morgan fingerprint density at radius 2 is 2.28 bits per heavy atom. The third-order valence-corrected chi connectivity index (χ3v) is 4.34. The zero-order valence-corrected chi connectivity index (χ0v) is 13.0. The molecule has 1 unspecified atom stereocenters. The average Bonchev–Trinajstić information content (AvgIpc) is 2.73. The number of hydrogen-bond donors (Lipinski definition) is 0. The molecule has 2 heterocycles. The molecule has 2 rings (SSSR count). The summed E-state index contributed by atoms with van der Waals surface area (Å²) < 4.78 is 21.8. The zero-order valence-electron chi connectivity index (χ0n) is 10.6. The van der Waals surface area contributed by atoms with Gasteiger partial charge in [-0.15, -0.1) is 0 Å². The van der Waals surface area contributed by atoms with Crippen LogP contribution in [0, 0.1) is 0 Å². The summed E-state index contributed by atoms with van der Waals surface area (Å²) in [6, 6.07) is 1.83. The number of ether oxygens (including phenoxy) is 1. The van der Waals surface area contributed by atoms with Crippen molar-refractivity contribution in [1.29, 1.82) is 0 Å². The molecule has 0 bridgehead atoms. The summed E-state index contributed by atoms with van der Waals surface area (Å²) in [6.07, 6.45) is 2.36. The van der Waals surface area contributed by atoms with Crippen LogP contribution >= 0.6 is 15.9 Å². The second kappa shape index (κ2) is 5.19. The van der Waals surface area contributed by atoms with E-state index in [0.29, 0.717) is 12.3 Å². The third-order valence-electron chi connectivity index (χ3n) is 2.41. The van der Waals surface area contributed by atoms with Gasteiger partial charge in [0.2, 0.25) is 0 Å². The highest BCUT2D eigenvalue weighted by Gasteiger charge is 2.26. The van der Waals surface area contributed by atoms with Gasteiger partial charge in [-0.1, -0.05) is 4.40 Å². The zero-order chi connectivity index (χ0) is 13.3. The normalized spacial score (nSPS) is 16.7. The van der Waals surface area contributed by atoms with E-state index in [2.05, 4.69) is 25.3 Å². The minimum absolute atomic E-state index is 0.354. The van der Waals surface area contributed by atoms with Crippen LogP contribution in [0.1, 0.15) is 32.2 Å². The first kappa shape index (κ1) is 13.8. The molecule has 18 heavy (non-hydrogen) atoms. The molecule has 0 amide bonds. The van der Waals surface area contributed by atoms with E-state index < -0.39 is 11.4 Å². The molecule has 0 aliphatic carbocycles. The summed E-state index contributed by atoms with van der Waals surface area (Å²) in [6.45, 7) is 6.33. The molecule has 0 aromatic carbocycles. The predicted octanol–water partition coefficient (Wildman–Crippen LogP) is 2.66. The van der Waals surface area contributed by atoms with Gasteiger partial charge in [0.1, 0.15) is 22.3 Å². The highest BCUT2D eigenvalue weighted by atomic mass is 79.9. The Kier molecular flexibility index (Phi) is 3.99. The molecule has 4 nitrogen and oxygen atoms in total. The first-order valence-electron chi connectivity index (χ1n) is 5.66. The minimum atomic E-state index is -1.26. The van der Waals surface area contributed by atoms with Crippen molar-refractivity contribution in [2.24, 2.45) is 4.40 Å². The van der Waals surface area contributed by atoms with Crippen LogP contribution in [0.2, 0.25) is 0 Å². The summed E-state index contributed by atoms with van der Waals surface area (Å²) in [5.41, 5.74) is 1.62. The molecular formula is C12H15BrN2O2S. The number of hydrogen-bond acceptors (Lipinski definition) is 4. The van der Waals surface area contributed by atoms with E-state index in [4.69, 9.17) is 4.74 Å². The van der Waals surface area contributed by atoms with Crippen molar-refractivity contribution < 1.29 is 9.29 Å².